The average Bonchev–Trinajstić information content (AvgIpc) is 4.15. The molecule has 0 spiro atoms. The molecule has 14 nitrogen and oxygen atoms in total. The first kappa shape index (κ1) is 40.8. The van der Waals surface area contributed by atoms with Gasteiger partial charge in [-0.05, 0) is 74.8 Å². The van der Waals surface area contributed by atoms with Gasteiger partial charge in [0.1, 0.15) is 35.2 Å². The highest BCUT2D eigenvalue weighted by molar-refractivity contribution is 7.91. The minimum absolute atomic E-state index is 0.0212. The smallest absolute Gasteiger partial charge is 0.407 e. The van der Waals surface area contributed by atoms with Crippen molar-refractivity contribution < 1.29 is 41.8 Å². The van der Waals surface area contributed by atoms with E-state index in [1.165, 1.54) is 4.90 Å². The van der Waals surface area contributed by atoms with Gasteiger partial charge >= 0.3 is 6.09 Å². The first-order valence-corrected chi connectivity index (χ1v) is 22.8. The standard InChI is InChI=1S/C44H55N5O9S/c1-27-12-11-15-29-20-33-36(23-38(29)56-2)45-35(28-13-7-6-8-14-28)22-39(33)58-31-21-37-40(50)47-44(42(52)48-59(54,55)32-18-19-32)24-30(44)16-9-4-3-5-10-17-34(41(51)49(37)25-31)46-43(53)57-26-27/h6-8,13-14,20,22-23,27,30-32,34,37H,3-5,9-12,15-19,21,24-26H2,1-2H3,(H,46,53)(H,47,50)(H,48,52)/t27-,30+,31-,34+,37+,44-/m1/s1. The molecule has 8 rings (SSSR count). The number of carbonyl (C=O) groups is 4. The number of cyclic esters (lactones) is 1. The van der Waals surface area contributed by atoms with E-state index < -0.39 is 62.8 Å². The number of nitrogens with zero attached hydrogens (tertiary/aromatic N) is 2. The fraction of sp³-hybridized carbons (Fsp3) is 0.568. The Morgan fingerprint density at radius 1 is 0.966 bits per heavy atom. The molecule has 3 aliphatic heterocycles. The fourth-order valence-electron chi connectivity index (χ4n) is 9.07. The Kier molecular flexibility index (Phi) is 11.8. The van der Waals surface area contributed by atoms with E-state index in [9.17, 15) is 27.6 Å². The van der Waals surface area contributed by atoms with Gasteiger partial charge in [-0.3, -0.25) is 19.1 Å². The maximum Gasteiger partial charge on any atom is 0.407 e. The number of benzene rings is 2. The Labute approximate surface area is 345 Å². The molecule has 316 valence electrons. The van der Waals surface area contributed by atoms with E-state index in [0.717, 1.165) is 55.0 Å². The number of sulfonamides is 1. The van der Waals surface area contributed by atoms with Crippen LogP contribution in [0.3, 0.4) is 0 Å². The van der Waals surface area contributed by atoms with Gasteiger partial charge in [-0.15, -0.1) is 0 Å². The van der Waals surface area contributed by atoms with Gasteiger partial charge < -0.3 is 29.7 Å². The average molecular weight is 830 g/mol. The maximum atomic E-state index is 14.7. The summed E-state index contributed by atoms with van der Waals surface area (Å²) >= 11 is 0. The summed E-state index contributed by atoms with van der Waals surface area (Å²) in [6, 6.07) is 13.5. The molecule has 1 aromatic heterocycles. The number of nitrogens with one attached hydrogen (secondary N) is 3. The zero-order chi connectivity index (χ0) is 41.3. The van der Waals surface area contributed by atoms with Crippen molar-refractivity contribution in [2.24, 2.45) is 11.8 Å². The summed E-state index contributed by atoms with van der Waals surface area (Å²) < 4.78 is 46.6. The number of pyridine rings is 1. The second-order valence-electron chi connectivity index (χ2n) is 17.2. The summed E-state index contributed by atoms with van der Waals surface area (Å²) in [6.07, 6.45) is 7.36. The van der Waals surface area contributed by atoms with Crippen LogP contribution >= 0.6 is 0 Å². The van der Waals surface area contributed by atoms with Gasteiger partial charge in [-0.25, -0.2) is 18.2 Å². The quantitative estimate of drug-likeness (QED) is 0.295. The Morgan fingerprint density at radius 2 is 1.73 bits per heavy atom. The monoisotopic (exact) mass is 829 g/mol. The number of methoxy groups -OCH3 is 1. The number of alkyl carbamates (subject to hydrolysis) is 1. The molecule has 15 heteroatoms. The summed E-state index contributed by atoms with van der Waals surface area (Å²) in [7, 11) is -2.24. The molecule has 4 heterocycles. The minimum atomic E-state index is -3.88. The molecule has 5 aliphatic rings. The normalized spacial score (nSPS) is 28.4. The topological polar surface area (TPSA) is 182 Å². The summed E-state index contributed by atoms with van der Waals surface area (Å²) in [6.45, 7) is 2.21. The van der Waals surface area contributed by atoms with Crippen LogP contribution in [0.5, 0.6) is 11.5 Å². The van der Waals surface area contributed by atoms with E-state index in [2.05, 4.69) is 15.4 Å². The Hall–Kier alpha value is -4.92. The van der Waals surface area contributed by atoms with Gasteiger partial charge in [-0.1, -0.05) is 69.4 Å². The summed E-state index contributed by atoms with van der Waals surface area (Å²) in [5.74, 6) is -0.716. The van der Waals surface area contributed by atoms with Gasteiger partial charge in [0, 0.05) is 29.5 Å². The third kappa shape index (κ3) is 9.00. The Bertz CT molecular complexity index is 2200. The number of aromatic nitrogens is 1. The Morgan fingerprint density at radius 3 is 2.49 bits per heavy atom. The lowest BCUT2D eigenvalue weighted by atomic mass is 9.99. The third-order valence-electron chi connectivity index (χ3n) is 12.7. The SMILES string of the molecule is COc1cc2nc(-c3ccccc3)cc3c2cc1CCC[C@@H](C)COC(=O)N[C@H]1CCCCCCC[C@H]2C[C@@]2(C(=O)NS(=O)(=O)C2CC2)NC(=O)[C@@H]2C[C@H](CN2C1=O)O3. The number of hydrogen-bond acceptors (Lipinski definition) is 10. The van der Waals surface area contributed by atoms with E-state index in [1.54, 1.807) is 7.11 Å². The van der Waals surface area contributed by atoms with Crippen LogP contribution in [0, 0.1) is 11.8 Å². The van der Waals surface area contributed by atoms with Crippen LogP contribution in [-0.4, -0.2) is 91.4 Å². The molecule has 0 radical (unpaired) electrons. The van der Waals surface area contributed by atoms with E-state index in [4.69, 9.17) is 19.2 Å². The zero-order valence-electron chi connectivity index (χ0n) is 33.9. The van der Waals surface area contributed by atoms with Crippen molar-refractivity contribution in [2.45, 2.75) is 126 Å². The molecule has 3 aromatic rings. The maximum absolute atomic E-state index is 14.7. The molecule has 2 saturated carbocycles. The fourth-order valence-corrected chi connectivity index (χ4v) is 10.4. The lowest BCUT2D eigenvalue weighted by Crippen LogP contribution is -2.58. The number of rotatable bonds is 5. The third-order valence-corrected chi connectivity index (χ3v) is 14.5. The van der Waals surface area contributed by atoms with Crippen molar-refractivity contribution in [3.63, 3.8) is 0 Å². The molecule has 6 atom stereocenters. The molecule has 4 fully saturated rings. The van der Waals surface area contributed by atoms with Crippen molar-refractivity contribution in [3.05, 3.63) is 54.1 Å². The van der Waals surface area contributed by atoms with Gasteiger partial charge in [0.2, 0.25) is 21.8 Å². The molecule has 3 N–H and O–H groups in total. The van der Waals surface area contributed by atoms with Crippen LogP contribution in [0.15, 0.2) is 48.5 Å². The van der Waals surface area contributed by atoms with Gasteiger partial charge in [0.05, 0.1) is 36.7 Å². The molecule has 4 amide bonds. The highest BCUT2D eigenvalue weighted by Gasteiger charge is 2.62. The second-order valence-corrected chi connectivity index (χ2v) is 19.2. The molecular weight excluding hydrogens is 775 g/mol. The molecule has 2 aliphatic carbocycles. The van der Waals surface area contributed by atoms with Crippen LogP contribution in [0.4, 0.5) is 4.79 Å². The predicted octanol–water partition coefficient (Wildman–Crippen LogP) is 5.55. The number of aryl methyl sites for hydroxylation is 1. The minimum Gasteiger partial charge on any atom is -0.496 e. The number of carbonyl (C=O) groups excluding carboxylic acids is 4. The first-order valence-electron chi connectivity index (χ1n) is 21.3. The molecule has 59 heavy (non-hydrogen) atoms. The van der Waals surface area contributed by atoms with Gasteiger partial charge in [0.15, 0.2) is 0 Å². The van der Waals surface area contributed by atoms with Crippen LogP contribution in [0.2, 0.25) is 0 Å². The molecular formula is C44H55N5O9S. The molecule has 0 unspecified atom stereocenters. The summed E-state index contributed by atoms with van der Waals surface area (Å²) in [5.41, 5.74) is 1.77. The van der Waals surface area contributed by atoms with Crippen molar-refractivity contribution >= 4 is 44.7 Å². The highest BCUT2D eigenvalue weighted by atomic mass is 32.2. The van der Waals surface area contributed by atoms with Gasteiger partial charge in [0.25, 0.3) is 5.91 Å². The number of fused-ring (bicyclic) bond motifs is 4. The van der Waals surface area contributed by atoms with E-state index in [-0.39, 0.29) is 31.4 Å². The lowest BCUT2D eigenvalue weighted by Gasteiger charge is -2.30. The van der Waals surface area contributed by atoms with Gasteiger partial charge in [-0.2, -0.15) is 0 Å². The molecule has 2 saturated heterocycles. The second kappa shape index (κ2) is 17.0. The predicted molar refractivity (Wildman–Crippen MR) is 220 cm³/mol. The molecule has 5 bridgehead atoms. The van der Waals surface area contributed by atoms with E-state index >= 15 is 0 Å². The van der Waals surface area contributed by atoms with E-state index in [1.807, 2.05) is 55.5 Å². The van der Waals surface area contributed by atoms with Crippen LogP contribution in [-0.2, 0) is 35.6 Å². The summed E-state index contributed by atoms with van der Waals surface area (Å²) in [5, 5.41) is 5.96. The largest absolute Gasteiger partial charge is 0.496 e. The van der Waals surface area contributed by atoms with Crippen molar-refractivity contribution in [1.29, 1.82) is 0 Å². The number of hydrogen-bond donors (Lipinski definition) is 3. The lowest BCUT2D eigenvalue weighted by molar-refractivity contribution is -0.141. The molecule has 2 aromatic carbocycles. The highest BCUT2D eigenvalue weighted by Crippen LogP contribution is 2.48. The van der Waals surface area contributed by atoms with Crippen molar-refractivity contribution in [3.8, 4) is 22.8 Å². The number of ether oxygens (including phenoxy) is 3. The van der Waals surface area contributed by atoms with E-state index in [0.29, 0.717) is 67.7 Å². The summed E-state index contributed by atoms with van der Waals surface area (Å²) in [4.78, 5) is 63.0. The van der Waals surface area contributed by atoms with Crippen LogP contribution in [0.1, 0.15) is 96.0 Å². The number of amides is 4. The first-order chi connectivity index (χ1) is 28.4. The van der Waals surface area contributed by atoms with Crippen LogP contribution in [0.25, 0.3) is 22.2 Å². The Balaban J connectivity index is 1.18. The van der Waals surface area contributed by atoms with Crippen LogP contribution < -0.4 is 24.8 Å². The van der Waals surface area contributed by atoms with Crippen molar-refractivity contribution in [1.82, 2.24) is 25.2 Å². The van der Waals surface area contributed by atoms with Crippen molar-refractivity contribution in [2.75, 3.05) is 20.3 Å². The zero-order valence-corrected chi connectivity index (χ0v) is 34.7.